The van der Waals surface area contributed by atoms with Crippen LogP contribution in [0.3, 0.4) is 0 Å². The first-order valence-corrected chi connectivity index (χ1v) is 4.80. The van der Waals surface area contributed by atoms with Crippen molar-refractivity contribution >= 4 is 0 Å². The van der Waals surface area contributed by atoms with Crippen LogP contribution in [-0.4, -0.2) is 42.4 Å². The topological polar surface area (TPSA) is 29.3 Å². The average molecular weight is 172 g/mol. The van der Waals surface area contributed by atoms with Crippen molar-refractivity contribution < 1.29 is 4.59 Å². The van der Waals surface area contributed by atoms with Crippen molar-refractivity contribution in [1.82, 2.24) is 5.01 Å². The van der Waals surface area contributed by atoms with E-state index in [9.17, 15) is 0 Å². The molecule has 3 nitrogen and oxygen atoms in total. The molecule has 0 aromatic heterocycles. The monoisotopic (exact) mass is 172 g/mol. The Morgan fingerprint density at radius 1 is 1.50 bits per heavy atom. The smallest absolute Gasteiger partial charge is 0.114 e. The lowest BCUT2D eigenvalue weighted by molar-refractivity contribution is -1.01. The van der Waals surface area contributed by atoms with Gasteiger partial charge in [0.2, 0.25) is 0 Å². The van der Waals surface area contributed by atoms with Crippen molar-refractivity contribution in [2.45, 2.75) is 32.4 Å². The first kappa shape index (κ1) is 9.96. The molecule has 0 amide bonds. The molecule has 3 heteroatoms. The zero-order valence-electron chi connectivity index (χ0n) is 8.80. The average Bonchev–Trinajstić information content (AvgIpc) is 2.30. The van der Waals surface area contributed by atoms with Crippen molar-refractivity contribution in [3.05, 3.63) is 0 Å². The Balaban J connectivity index is 2.74. The number of rotatable bonds is 2. The van der Waals surface area contributed by atoms with Gasteiger partial charge < -0.3 is 5.73 Å². The highest BCUT2D eigenvalue weighted by molar-refractivity contribution is 4.81. The fraction of sp³-hybridized carbons (Fsp3) is 1.00. The van der Waals surface area contributed by atoms with Gasteiger partial charge in [-0.05, 0) is 26.7 Å². The molecular weight excluding hydrogens is 150 g/mol. The lowest BCUT2D eigenvalue weighted by Crippen LogP contribution is -2.64. The maximum atomic E-state index is 6.19. The van der Waals surface area contributed by atoms with Gasteiger partial charge in [0.15, 0.2) is 0 Å². The van der Waals surface area contributed by atoms with Crippen LogP contribution in [0.25, 0.3) is 0 Å². The van der Waals surface area contributed by atoms with E-state index in [0.717, 1.165) is 24.1 Å². The van der Waals surface area contributed by atoms with Crippen LogP contribution in [0.1, 0.15) is 26.7 Å². The van der Waals surface area contributed by atoms with Gasteiger partial charge in [-0.15, -0.1) is 5.01 Å². The summed E-state index contributed by atoms with van der Waals surface area (Å²) in [5, 5.41) is 2.38. The normalized spacial score (nSPS) is 32.8. The van der Waals surface area contributed by atoms with Gasteiger partial charge in [0.25, 0.3) is 0 Å². The van der Waals surface area contributed by atoms with Crippen LogP contribution in [0.5, 0.6) is 0 Å². The second-order valence-corrected chi connectivity index (χ2v) is 4.52. The molecule has 1 heterocycles. The van der Waals surface area contributed by atoms with Gasteiger partial charge >= 0.3 is 0 Å². The van der Waals surface area contributed by atoms with Gasteiger partial charge in [0.1, 0.15) is 5.66 Å². The number of nitrogens with two attached hydrogens (primary N) is 1. The summed E-state index contributed by atoms with van der Waals surface area (Å²) in [7, 11) is 4.44. The highest BCUT2D eigenvalue weighted by Crippen LogP contribution is 2.27. The SMILES string of the molecule is CC[N+](C)(C)N1CCCC1(C)N. The number of hydrogen-bond acceptors (Lipinski definition) is 2. The van der Waals surface area contributed by atoms with Crippen LogP contribution in [0, 0.1) is 0 Å². The van der Waals surface area contributed by atoms with Gasteiger partial charge in [0.05, 0.1) is 20.6 Å². The van der Waals surface area contributed by atoms with Gasteiger partial charge in [-0.3, -0.25) is 0 Å². The summed E-state index contributed by atoms with van der Waals surface area (Å²) < 4.78 is 0.910. The highest BCUT2D eigenvalue weighted by atomic mass is 15.8. The van der Waals surface area contributed by atoms with Crippen molar-refractivity contribution in [2.24, 2.45) is 5.73 Å². The molecular formula is C9H22N3+. The van der Waals surface area contributed by atoms with E-state index in [4.69, 9.17) is 5.73 Å². The van der Waals surface area contributed by atoms with E-state index in [0.29, 0.717) is 0 Å². The molecule has 0 aliphatic carbocycles. The minimum Gasteiger partial charge on any atom is -0.309 e. The molecule has 0 radical (unpaired) electrons. The van der Waals surface area contributed by atoms with Crippen LogP contribution in [0.2, 0.25) is 0 Å². The summed E-state index contributed by atoms with van der Waals surface area (Å²) in [5.74, 6) is 0. The molecule has 0 saturated carbocycles. The Bertz CT molecular complexity index is 163. The third kappa shape index (κ3) is 1.63. The summed E-state index contributed by atoms with van der Waals surface area (Å²) >= 11 is 0. The summed E-state index contributed by atoms with van der Waals surface area (Å²) in [6.07, 6.45) is 2.35. The Hall–Kier alpha value is -0.120. The van der Waals surface area contributed by atoms with E-state index in [1.165, 1.54) is 6.42 Å². The molecule has 1 aliphatic heterocycles. The molecule has 1 aliphatic rings. The van der Waals surface area contributed by atoms with E-state index in [1.807, 2.05) is 0 Å². The first-order valence-electron chi connectivity index (χ1n) is 4.80. The van der Waals surface area contributed by atoms with Crippen molar-refractivity contribution in [3.8, 4) is 0 Å². The van der Waals surface area contributed by atoms with Crippen molar-refractivity contribution in [2.75, 3.05) is 27.2 Å². The zero-order chi connectivity index (χ0) is 9.41. The lowest BCUT2D eigenvalue weighted by Gasteiger charge is -2.43. The molecule has 1 saturated heterocycles. The minimum absolute atomic E-state index is 0.0977. The van der Waals surface area contributed by atoms with E-state index in [2.05, 4.69) is 33.0 Å². The van der Waals surface area contributed by atoms with Gasteiger partial charge in [-0.1, -0.05) is 0 Å². The van der Waals surface area contributed by atoms with Crippen LogP contribution in [0.4, 0.5) is 0 Å². The molecule has 1 fully saturated rings. The first-order chi connectivity index (χ1) is 5.40. The number of hydrogen-bond donors (Lipinski definition) is 1. The Morgan fingerprint density at radius 3 is 2.42 bits per heavy atom. The summed E-state index contributed by atoms with van der Waals surface area (Å²) in [6, 6.07) is 0. The van der Waals surface area contributed by atoms with Crippen LogP contribution < -0.4 is 5.73 Å². The molecule has 0 aromatic rings. The molecule has 1 atom stereocenters. The summed E-state index contributed by atoms with van der Waals surface area (Å²) in [4.78, 5) is 0. The Kier molecular flexibility index (Phi) is 2.47. The third-order valence-electron chi connectivity index (χ3n) is 3.07. The quantitative estimate of drug-likeness (QED) is 0.623. The lowest BCUT2D eigenvalue weighted by atomic mass is 10.1. The molecule has 2 N–H and O–H groups in total. The minimum atomic E-state index is -0.0977. The standard InChI is InChI=1S/C9H22N3/c1-5-12(3,4)11-8-6-7-9(11,2)10/h5-8,10H2,1-4H3/q+1. The molecule has 1 rings (SSSR count). The zero-order valence-corrected chi connectivity index (χ0v) is 8.80. The van der Waals surface area contributed by atoms with Crippen LogP contribution in [-0.2, 0) is 0 Å². The van der Waals surface area contributed by atoms with E-state index < -0.39 is 0 Å². The number of nitrogens with zero attached hydrogens (tertiary/aromatic N) is 2. The second kappa shape index (κ2) is 2.98. The van der Waals surface area contributed by atoms with E-state index in [-0.39, 0.29) is 5.66 Å². The Labute approximate surface area is 75.7 Å². The van der Waals surface area contributed by atoms with Gasteiger partial charge in [-0.2, -0.15) is 0 Å². The largest absolute Gasteiger partial charge is 0.309 e. The fourth-order valence-electron chi connectivity index (χ4n) is 2.03. The highest BCUT2D eigenvalue weighted by Gasteiger charge is 2.42. The second-order valence-electron chi connectivity index (χ2n) is 4.52. The van der Waals surface area contributed by atoms with Crippen LogP contribution >= 0.6 is 0 Å². The van der Waals surface area contributed by atoms with Gasteiger partial charge in [-0.25, -0.2) is 4.59 Å². The molecule has 0 aromatic carbocycles. The predicted octanol–water partition coefficient (Wildman–Crippen LogP) is 0.768. The predicted molar refractivity (Wildman–Crippen MR) is 51.2 cm³/mol. The Morgan fingerprint density at radius 2 is 2.08 bits per heavy atom. The van der Waals surface area contributed by atoms with Gasteiger partial charge in [0, 0.05) is 6.54 Å². The van der Waals surface area contributed by atoms with Crippen molar-refractivity contribution in [1.29, 1.82) is 0 Å². The van der Waals surface area contributed by atoms with Crippen LogP contribution in [0.15, 0.2) is 0 Å². The summed E-state index contributed by atoms with van der Waals surface area (Å²) in [6.45, 7) is 6.57. The number of quaternary nitrogens is 1. The van der Waals surface area contributed by atoms with Crippen molar-refractivity contribution in [3.63, 3.8) is 0 Å². The van der Waals surface area contributed by atoms with E-state index >= 15 is 0 Å². The molecule has 1 unspecified atom stereocenters. The molecule has 72 valence electrons. The molecule has 12 heavy (non-hydrogen) atoms. The third-order valence-corrected chi connectivity index (χ3v) is 3.07. The van der Waals surface area contributed by atoms with E-state index in [1.54, 1.807) is 0 Å². The molecule has 0 spiro atoms. The summed E-state index contributed by atoms with van der Waals surface area (Å²) in [5.41, 5.74) is 6.10. The fourth-order valence-corrected chi connectivity index (χ4v) is 2.03. The maximum Gasteiger partial charge on any atom is 0.114 e. The maximum absolute atomic E-state index is 6.19. The molecule has 0 bridgehead atoms.